The molecule has 0 aliphatic heterocycles. The Morgan fingerprint density at radius 2 is 1.95 bits per heavy atom. The molecule has 112 valence electrons. The number of hydrazine groups is 1. The summed E-state index contributed by atoms with van der Waals surface area (Å²) < 4.78 is 24.2. The van der Waals surface area contributed by atoms with E-state index in [9.17, 15) is 4.39 Å². The summed E-state index contributed by atoms with van der Waals surface area (Å²) in [7, 11) is 1.43. The first-order valence-corrected chi connectivity index (χ1v) is 6.72. The zero-order valence-electron chi connectivity index (χ0n) is 12.1. The van der Waals surface area contributed by atoms with Gasteiger partial charge in [0.25, 0.3) is 0 Å². The van der Waals surface area contributed by atoms with Crippen LogP contribution in [0.2, 0.25) is 0 Å². The molecule has 0 radical (unpaired) electrons. The first-order valence-electron chi connectivity index (χ1n) is 6.72. The highest BCUT2D eigenvalue weighted by Crippen LogP contribution is 2.31. The van der Waals surface area contributed by atoms with Gasteiger partial charge in [-0.3, -0.25) is 5.84 Å². The van der Waals surface area contributed by atoms with E-state index >= 15 is 0 Å². The van der Waals surface area contributed by atoms with Gasteiger partial charge in [-0.2, -0.15) is 0 Å². The summed E-state index contributed by atoms with van der Waals surface area (Å²) in [5.41, 5.74) is 4.43. The fraction of sp³-hybridized carbons (Fsp3) is 0.250. The van der Waals surface area contributed by atoms with Gasteiger partial charge in [-0.05, 0) is 30.7 Å². The van der Waals surface area contributed by atoms with Crippen LogP contribution in [0.3, 0.4) is 0 Å². The van der Waals surface area contributed by atoms with Crippen molar-refractivity contribution in [2.24, 2.45) is 5.84 Å². The van der Waals surface area contributed by atoms with Crippen molar-refractivity contribution < 1.29 is 13.9 Å². The molecule has 0 aliphatic carbocycles. The van der Waals surface area contributed by atoms with Crippen LogP contribution < -0.4 is 20.7 Å². The number of nitrogens with one attached hydrogen (secondary N) is 1. The molecular formula is C16H19FN2O2. The lowest BCUT2D eigenvalue weighted by atomic mass is 9.98. The highest BCUT2D eigenvalue weighted by atomic mass is 19.1. The van der Waals surface area contributed by atoms with E-state index in [0.717, 1.165) is 16.9 Å². The predicted octanol–water partition coefficient (Wildman–Crippen LogP) is 2.79. The standard InChI is InChI=1S/C16H19FN2O2/c1-3-21-14-7-5-4-6-12(14)16(19-18)11-8-9-13(17)15(10-11)20-2/h4-10,16,19H,3,18H2,1-2H3. The molecule has 1 unspecified atom stereocenters. The zero-order chi connectivity index (χ0) is 15.2. The molecular weight excluding hydrogens is 271 g/mol. The van der Waals surface area contributed by atoms with Crippen LogP contribution in [0.25, 0.3) is 0 Å². The maximum absolute atomic E-state index is 13.5. The van der Waals surface area contributed by atoms with Crippen molar-refractivity contribution in [3.05, 3.63) is 59.4 Å². The van der Waals surface area contributed by atoms with Crippen LogP contribution in [-0.2, 0) is 0 Å². The van der Waals surface area contributed by atoms with Crippen molar-refractivity contribution in [2.45, 2.75) is 13.0 Å². The fourth-order valence-electron chi connectivity index (χ4n) is 2.23. The van der Waals surface area contributed by atoms with Crippen LogP contribution >= 0.6 is 0 Å². The summed E-state index contributed by atoms with van der Waals surface area (Å²) in [5, 5.41) is 0. The minimum Gasteiger partial charge on any atom is -0.494 e. The highest BCUT2D eigenvalue weighted by molar-refractivity contribution is 5.43. The van der Waals surface area contributed by atoms with Gasteiger partial charge in [0.05, 0.1) is 19.8 Å². The van der Waals surface area contributed by atoms with Crippen molar-refractivity contribution in [1.82, 2.24) is 5.43 Å². The SMILES string of the molecule is CCOc1ccccc1C(NN)c1ccc(F)c(OC)c1. The Labute approximate surface area is 123 Å². The predicted molar refractivity (Wildman–Crippen MR) is 79.7 cm³/mol. The van der Waals surface area contributed by atoms with E-state index < -0.39 is 5.82 Å². The highest BCUT2D eigenvalue weighted by Gasteiger charge is 2.18. The molecule has 4 nitrogen and oxygen atoms in total. The molecule has 0 fully saturated rings. The number of hydrogen-bond acceptors (Lipinski definition) is 4. The summed E-state index contributed by atoms with van der Waals surface area (Å²) in [6.45, 7) is 2.48. The van der Waals surface area contributed by atoms with Gasteiger partial charge in [0.2, 0.25) is 0 Å². The molecule has 0 spiro atoms. The van der Waals surface area contributed by atoms with E-state index in [1.54, 1.807) is 12.1 Å². The lowest BCUT2D eigenvalue weighted by molar-refractivity contribution is 0.333. The van der Waals surface area contributed by atoms with E-state index in [1.807, 2.05) is 31.2 Å². The Hall–Kier alpha value is -2.11. The summed E-state index contributed by atoms with van der Waals surface area (Å²) in [6, 6.07) is 11.9. The number of rotatable bonds is 6. The van der Waals surface area contributed by atoms with Crippen LogP contribution in [0.5, 0.6) is 11.5 Å². The molecule has 2 aromatic carbocycles. The molecule has 2 rings (SSSR count). The van der Waals surface area contributed by atoms with Crippen molar-refractivity contribution in [3.63, 3.8) is 0 Å². The van der Waals surface area contributed by atoms with Gasteiger partial charge in [0, 0.05) is 5.56 Å². The molecule has 1 atom stereocenters. The summed E-state index contributed by atoms with van der Waals surface area (Å²) in [5.74, 6) is 6.21. The Kier molecular flexibility index (Phi) is 5.14. The quantitative estimate of drug-likeness (QED) is 0.634. The van der Waals surface area contributed by atoms with Gasteiger partial charge in [-0.1, -0.05) is 24.3 Å². The van der Waals surface area contributed by atoms with Crippen molar-refractivity contribution in [3.8, 4) is 11.5 Å². The number of hydrogen-bond donors (Lipinski definition) is 2. The molecule has 0 saturated carbocycles. The van der Waals surface area contributed by atoms with Crippen molar-refractivity contribution in [1.29, 1.82) is 0 Å². The Bertz CT molecular complexity index is 605. The third-order valence-corrected chi connectivity index (χ3v) is 3.21. The largest absolute Gasteiger partial charge is 0.494 e. The van der Waals surface area contributed by atoms with Crippen LogP contribution in [-0.4, -0.2) is 13.7 Å². The number of nitrogens with two attached hydrogens (primary N) is 1. The molecule has 3 N–H and O–H groups in total. The smallest absolute Gasteiger partial charge is 0.165 e. The summed E-state index contributed by atoms with van der Waals surface area (Å²) >= 11 is 0. The van der Waals surface area contributed by atoms with E-state index in [2.05, 4.69) is 5.43 Å². The lowest BCUT2D eigenvalue weighted by Crippen LogP contribution is -2.29. The fourth-order valence-corrected chi connectivity index (χ4v) is 2.23. The molecule has 0 saturated heterocycles. The van der Waals surface area contributed by atoms with Crippen LogP contribution in [0.15, 0.2) is 42.5 Å². The van der Waals surface area contributed by atoms with Gasteiger partial charge in [-0.25, -0.2) is 9.82 Å². The van der Waals surface area contributed by atoms with E-state index in [1.165, 1.54) is 13.2 Å². The second-order valence-electron chi connectivity index (χ2n) is 4.46. The monoisotopic (exact) mass is 290 g/mol. The van der Waals surface area contributed by atoms with Crippen LogP contribution in [0.4, 0.5) is 4.39 Å². The van der Waals surface area contributed by atoms with Gasteiger partial charge >= 0.3 is 0 Å². The van der Waals surface area contributed by atoms with E-state index in [0.29, 0.717) is 6.61 Å². The maximum atomic E-state index is 13.5. The van der Waals surface area contributed by atoms with Crippen molar-refractivity contribution >= 4 is 0 Å². The summed E-state index contributed by atoms with van der Waals surface area (Å²) in [4.78, 5) is 0. The molecule has 0 amide bonds. The number of ether oxygens (including phenoxy) is 2. The minimum absolute atomic E-state index is 0.182. The molecule has 0 aliphatic rings. The number of methoxy groups -OCH3 is 1. The maximum Gasteiger partial charge on any atom is 0.165 e. The van der Waals surface area contributed by atoms with Crippen LogP contribution in [0, 0.1) is 5.82 Å². The Balaban J connectivity index is 2.44. The Morgan fingerprint density at radius 3 is 2.62 bits per heavy atom. The lowest BCUT2D eigenvalue weighted by Gasteiger charge is -2.20. The van der Waals surface area contributed by atoms with Crippen LogP contribution in [0.1, 0.15) is 24.1 Å². The normalized spacial score (nSPS) is 12.0. The molecule has 5 heteroatoms. The molecule has 21 heavy (non-hydrogen) atoms. The second kappa shape index (κ2) is 7.06. The molecule has 0 bridgehead atoms. The summed E-state index contributed by atoms with van der Waals surface area (Å²) in [6.07, 6.45) is 0. The second-order valence-corrected chi connectivity index (χ2v) is 4.46. The first kappa shape index (κ1) is 15.3. The zero-order valence-corrected chi connectivity index (χ0v) is 12.1. The van der Waals surface area contributed by atoms with Gasteiger partial charge in [0.1, 0.15) is 5.75 Å². The molecule has 0 aromatic heterocycles. The third-order valence-electron chi connectivity index (χ3n) is 3.21. The topological polar surface area (TPSA) is 56.5 Å². The molecule has 0 heterocycles. The van der Waals surface area contributed by atoms with Gasteiger partial charge in [0.15, 0.2) is 11.6 Å². The van der Waals surface area contributed by atoms with Gasteiger partial charge < -0.3 is 9.47 Å². The van der Waals surface area contributed by atoms with E-state index in [-0.39, 0.29) is 11.8 Å². The molecule has 2 aromatic rings. The first-order chi connectivity index (χ1) is 10.2. The number of para-hydroxylation sites is 1. The minimum atomic E-state index is -0.407. The van der Waals surface area contributed by atoms with Gasteiger partial charge in [-0.15, -0.1) is 0 Å². The average molecular weight is 290 g/mol. The number of halogens is 1. The number of benzene rings is 2. The third kappa shape index (κ3) is 3.32. The Morgan fingerprint density at radius 1 is 1.19 bits per heavy atom. The van der Waals surface area contributed by atoms with E-state index in [4.69, 9.17) is 15.3 Å². The average Bonchev–Trinajstić information content (AvgIpc) is 2.51. The van der Waals surface area contributed by atoms with Crippen molar-refractivity contribution in [2.75, 3.05) is 13.7 Å².